The Morgan fingerprint density at radius 1 is 0.800 bits per heavy atom. The van der Waals surface area contributed by atoms with Gasteiger partial charge < -0.3 is 9.15 Å². The van der Waals surface area contributed by atoms with Crippen LogP contribution in [0.3, 0.4) is 0 Å². The molecule has 0 saturated heterocycles. The molecule has 0 radical (unpaired) electrons. The lowest BCUT2D eigenvalue weighted by atomic mass is 9.81. The van der Waals surface area contributed by atoms with Crippen LogP contribution < -0.4 is 9.30 Å². The van der Waals surface area contributed by atoms with E-state index in [1.54, 1.807) is 0 Å². The Hall–Kier alpha value is -3.85. The van der Waals surface area contributed by atoms with Crippen LogP contribution in [0.2, 0.25) is 0 Å². The summed E-state index contributed by atoms with van der Waals surface area (Å²) in [7, 11) is 2.14. The highest BCUT2D eigenvalue weighted by Crippen LogP contribution is 2.53. The van der Waals surface area contributed by atoms with Crippen molar-refractivity contribution in [2.75, 3.05) is 0 Å². The van der Waals surface area contributed by atoms with Gasteiger partial charge in [-0.1, -0.05) is 63.2 Å². The molecule has 6 aromatic rings. The molecular formula is C32H28NO2+. The number of para-hydroxylation sites is 1. The summed E-state index contributed by atoms with van der Waals surface area (Å²) >= 11 is 0. The second-order valence-electron chi connectivity index (χ2n) is 11.1. The lowest BCUT2D eigenvalue weighted by molar-refractivity contribution is -0.659. The first kappa shape index (κ1) is 20.5. The second-order valence-corrected chi connectivity index (χ2v) is 11.1. The van der Waals surface area contributed by atoms with Crippen LogP contribution in [0.4, 0.5) is 0 Å². The highest BCUT2D eigenvalue weighted by Gasteiger charge is 2.34. The van der Waals surface area contributed by atoms with Crippen LogP contribution in [0.15, 0.2) is 71.3 Å². The highest BCUT2D eigenvalue weighted by atomic mass is 16.5. The van der Waals surface area contributed by atoms with Gasteiger partial charge >= 0.3 is 0 Å². The molecule has 7 rings (SSSR count). The first-order valence-electron chi connectivity index (χ1n) is 12.3. The van der Waals surface area contributed by atoms with E-state index in [0.717, 1.165) is 45.2 Å². The summed E-state index contributed by atoms with van der Waals surface area (Å²) in [5.41, 5.74) is 6.85. The standard InChI is InChI=1S/C32H28NO2/c1-18-19-10-6-7-11-20(19)23(17-32(2,3)4)31-27(18)30-29-22(14-15-33(30)5)28-21-12-8-9-13-24(21)34-25(28)16-26(29)35-31/h6-16H,17H2,1-5H3/q+1. The van der Waals surface area contributed by atoms with Crippen molar-refractivity contribution in [2.45, 2.75) is 34.1 Å². The molecule has 0 atom stereocenters. The van der Waals surface area contributed by atoms with Gasteiger partial charge in [0.2, 0.25) is 5.69 Å². The van der Waals surface area contributed by atoms with Crippen molar-refractivity contribution in [3.8, 4) is 22.8 Å². The van der Waals surface area contributed by atoms with Gasteiger partial charge in [-0.05, 0) is 41.2 Å². The maximum Gasteiger partial charge on any atom is 0.228 e. The van der Waals surface area contributed by atoms with E-state index in [1.807, 2.05) is 12.1 Å². The van der Waals surface area contributed by atoms with Crippen molar-refractivity contribution < 1.29 is 13.7 Å². The number of benzene rings is 4. The van der Waals surface area contributed by atoms with Crippen molar-refractivity contribution in [1.82, 2.24) is 0 Å². The van der Waals surface area contributed by atoms with Crippen molar-refractivity contribution in [3.05, 3.63) is 78.0 Å². The Labute approximate surface area is 204 Å². The number of pyridine rings is 1. The molecule has 3 heterocycles. The van der Waals surface area contributed by atoms with E-state index in [2.05, 4.69) is 94.0 Å². The van der Waals surface area contributed by atoms with Gasteiger partial charge in [-0.15, -0.1) is 0 Å². The minimum Gasteiger partial charge on any atom is -0.456 e. The number of hydrogen-bond donors (Lipinski definition) is 0. The molecule has 0 aliphatic carbocycles. The Morgan fingerprint density at radius 2 is 1.51 bits per heavy atom. The second kappa shape index (κ2) is 6.85. The van der Waals surface area contributed by atoms with Gasteiger partial charge in [0.05, 0.1) is 10.9 Å². The molecule has 0 N–H and O–H groups in total. The number of furan rings is 1. The number of ether oxygens (including phenoxy) is 1. The van der Waals surface area contributed by atoms with Gasteiger partial charge in [-0.2, -0.15) is 0 Å². The van der Waals surface area contributed by atoms with Crippen LogP contribution in [-0.2, 0) is 13.5 Å². The van der Waals surface area contributed by atoms with Crippen molar-refractivity contribution in [2.24, 2.45) is 12.5 Å². The fourth-order valence-corrected chi connectivity index (χ4v) is 5.99. The molecule has 35 heavy (non-hydrogen) atoms. The van der Waals surface area contributed by atoms with Crippen molar-refractivity contribution in [3.63, 3.8) is 0 Å². The van der Waals surface area contributed by atoms with Crippen LogP contribution in [0.25, 0.3) is 54.7 Å². The molecular weight excluding hydrogens is 430 g/mol. The zero-order valence-corrected chi connectivity index (χ0v) is 20.8. The van der Waals surface area contributed by atoms with E-state index < -0.39 is 0 Å². The third-order valence-electron chi connectivity index (χ3n) is 7.41. The summed E-state index contributed by atoms with van der Waals surface area (Å²) in [5.74, 6) is 1.86. The monoisotopic (exact) mass is 458 g/mol. The van der Waals surface area contributed by atoms with E-state index in [1.165, 1.54) is 38.5 Å². The molecule has 172 valence electrons. The van der Waals surface area contributed by atoms with Gasteiger partial charge in [-0.3, -0.25) is 0 Å². The maximum absolute atomic E-state index is 6.90. The van der Waals surface area contributed by atoms with E-state index in [9.17, 15) is 0 Å². The number of hydrogen-bond acceptors (Lipinski definition) is 2. The molecule has 4 aromatic carbocycles. The third kappa shape index (κ3) is 2.81. The molecule has 0 bridgehead atoms. The molecule has 3 heteroatoms. The molecule has 2 aromatic heterocycles. The Morgan fingerprint density at radius 3 is 2.29 bits per heavy atom. The highest BCUT2D eigenvalue weighted by molar-refractivity contribution is 6.23. The first-order valence-corrected chi connectivity index (χ1v) is 12.3. The van der Waals surface area contributed by atoms with Crippen LogP contribution >= 0.6 is 0 Å². The van der Waals surface area contributed by atoms with Gasteiger partial charge in [-0.25, -0.2) is 4.57 Å². The fourth-order valence-electron chi connectivity index (χ4n) is 5.99. The minimum atomic E-state index is 0.117. The lowest BCUT2D eigenvalue weighted by Gasteiger charge is -2.28. The van der Waals surface area contributed by atoms with Crippen LogP contribution in [0.5, 0.6) is 11.5 Å². The first-order chi connectivity index (χ1) is 16.8. The average molecular weight is 459 g/mol. The Balaban J connectivity index is 1.68. The minimum absolute atomic E-state index is 0.117. The number of rotatable bonds is 1. The molecule has 0 fully saturated rings. The molecule has 0 unspecified atom stereocenters. The summed E-state index contributed by atoms with van der Waals surface area (Å²) in [4.78, 5) is 0. The molecule has 0 amide bonds. The van der Waals surface area contributed by atoms with Crippen LogP contribution in [0.1, 0.15) is 31.9 Å². The number of fused-ring (bicyclic) bond motifs is 7. The Bertz CT molecular complexity index is 1850. The number of aromatic nitrogens is 1. The zero-order chi connectivity index (χ0) is 24.1. The maximum atomic E-state index is 6.90. The third-order valence-corrected chi connectivity index (χ3v) is 7.41. The lowest BCUT2D eigenvalue weighted by Crippen LogP contribution is -2.32. The van der Waals surface area contributed by atoms with Crippen molar-refractivity contribution >= 4 is 43.5 Å². The van der Waals surface area contributed by atoms with Crippen LogP contribution in [0, 0.1) is 12.3 Å². The quantitative estimate of drug-likeness (QED) is 0.231. The predicted octanol–water partition coefficient (Wildman–Crippen LogP) is 8.39. The van der Waals surface area contributed by atoms with Crippen LogP contribution in [-0.4, -0.2) is 0 Å². The fraction of sp³-hybridized carbons (Fsp3) is 0.219. The largest absolute Gasteiger partial charge is 0.456 e. The summed E-state index contributed by atoms with van der Waals surface area (Å²) < 4.78 is 15.5. The summed E-state index contributed by atoms with van der Waals surface area (Å²) in [6.45, 7) is 9.12. The molecule has 1 aliphatic rings. The predicted molar refractivity (Wildman–Crippen MR) is 143 cm³/mol. The van der Waals surface area contributed by atoms with Gasteiger partial charge in [0.25, 0.3) is 0 Å². The van der Waals surface area contributed by atoms with Crippen molar-refractivity contribution in [1.29, 1.82) is 0 Å². The van der Waals surface area contributed by atoms with E-state index in [4.69, 9.17) is 9.15 Å². The molecule has 3 nitrogen and oxygen atoms in total. The molecule has 0 spiro atoms. The molecule has 1 aliphatic heterocycles. The Kier molecular flexibility index (Phi) is 4.02. The normalized spacial score (nSPS) is 13.1. The van der Waals surface area contributed by atoms with E-state index in [-0.39, 0.29) is 5.41 Å². The van der Waals surface area contributed by atoms with E-state index >= 15 is 0 Å². The number of nitrogens with zero attached hydrogens (tertiary/aromatic N) is 1. The van der Waals surface area contributed by atoms with Gasteiger partial charge in [0, 0.05) is 33.9 Å². The zero-order valence-electron chi connectivity index (χ0n) is 20.8. The molecule has 0 saturated carbocycles. The van der Waals surface area contributed by atoms with Gasteiger partial charge in [0.15, 0.2) is 6.20 Å². The van der Waals surface area contributed by atoms with Gasteiger partial charge in [0.1, 0.15) is 29.7 Å². The number of aryl methyl sites for hydroxylation is 2. The summed E-state index contributed by atoms with van der Waals surface area (Å²) in [6, 6.07) is 21.3. The smallest absolute Gasteiger partial charge is 0.228 e. The average Bonchev–Trinajstić information content (AvgIpc) is 3.20. The van der Waals surface area contributed by atoms with E-state index in [0.29, 0.717) is 0 Å². The SMILES string of the molecule is Cc1c2c(c(CC(C)(C)C)c3ccccc13)Oc1cc3oc4ccccc4c3c3cc[n+](C)c-2c13. The summed E-state index contributed by atoms with van der Waals surface area (Å²) in [5, 5.41) is 7.20. The summed E-state index contributed by atoms with van der Waals surface area (Å²) in [6.07, 6.45) is 3.11. The topological polar surface area (TPSA) is 26.2 Å².